The van der Waals surface area contributed by atoms with Crippen LogP contribution in [0, 0.1) is 13.8 Å². The van der Waals surface area contributed by atoms with Gasteiger partial charge in [0.15, 0.2) is 0 Å². The second kappa shape index (κ2) is 4.07. The Morgan fingerprint density at radius 1 is 1.44 bits per heavy atom. The molecule has 0 bridgehead atoms. The highest BCUT2D eigenvalue weighted by molar-refractivity contribution is 6.34. The summed E-state index contributed by atoms with van der Waals surface area (Å²) >= 11 is 6.15. The number of halogens is 1. The number of carbonyl (C=O) groups is 1. The van der Waals surface area contributed by atoms with E-state index < -0.39 is 6.10 Å². The highest BCUT2D eigenvalue weighted by Crippen LogP contribution is 2.33. The first kappa shape index (κ1) is 11.4. The van der Waals surface area contributed by atoms with Crippen molar-refractivity contribution in [3.8, 4) is 0 Å². The number of rotatable bonds is 1. The molecule has 1 aliphatic rings. The molecule has 1 atom stereocenters. The third-order valence-corrected chi connectivity index (χ3v) is 3.13. The molecule has 0 radical (unpaired) electrons. The summed E-state index contributed by atoms with van der Waals surface area (Å²) in [4.78, 5) is 13.3. The summed E-state index contributed by atoms with van der Waals surface area (Å²) in [6, 6.07) is 3.82. The number of aryl methyl sites for hydroxylation is 2. The molecule has 1 aromatic carbocycles. The summed E-state index contributed by atoms with van der Waals surface area (Å²) < 4.78 is 0. The van der Waals surface area contributed by atoms with Gasteiger partial charge in [0.05, 0.1) is 10.7 Å². The summed E-state index contributed by atoms with van der Waals surface area (Å²) in [5.74, 6) is -0.256. The predicted octanol–water partition coefficient (Wildman–Crippen LogP) is 2.05. The summed E-state index contributed by atoms with van der Waals surface area (Å²) in [5.41, 5.74) is 2.76. The molecule has 16 heavy (non-hydrogen) atoms. The fraction of sp³-hybridized carbons (Fsp3) is 0.417. The standard InChI is InChI=1S/C12H14ClNO2/c1-7-5-8(2)11(9(13)6-7)14-4-3-10(15)12(14)16/h5-6,10,15H,3-4H2,1-2H3. The van der Waals surface area contributed by atoms with Crippen LogP contribution in [0.2, 0.25) is 5.02 Å². The van der Waals surface area contributed by atoms with Crippen LogP contribution < -0.4 is 4.90 Å². The molecule has 1 aromatic rings. The van der Waals surface area contributed by atoms with E-state index in [9.17, 15) is 9.90 Å². The van der Waals surface area contributed by atoms with Gasteiger partial charge in [0, 0.05) is 13.0 Å². The summed E-state index contributed by atoms with van der Waals surface area (Å²) in [6.45, 7) is 4.42. The van der Waals surface area contributed by atoms with E-state index in [2.05, 4.69) is 0 Å². The summed E-state index contributed by atoms with van der Waals surface area (Å²) in [5, 5.41) is 10.0. The zero-order valence-electron chi connectivity index (χ0n) is 9.33. The number of benzene rings is 1. The lowest BCUT2D eigenvalue weighted by molar-refractivity contribution is -0.124. The molecule has 0 aromatic heterocycles. The second-order valence-corrected chi connectivity index (χ2v) is 4.61. The fourth-order valence-electron chi connectivity index (χ4n) is 2.14. The van der Waals surface area contributed by atoms with Crippen LogP contribution >= 0.6 is 11.6 Å². The van der Waals surface area contributed by atoms with Crippen LogP contribution in [0.1, 0.15) is 17.5 Å². The lowest BCUT2D eigenvalue weighted by Crippen LogP contribution is -2.29. The molecule has 86 valence electrons. The minimum atomic E-state index is -0.878. The molecular formula is C12H14ClNO2. The number of anilines is 1. The maximum absolute atomic E-state index is 11.7. The Morgan fingerprint density at radius 2 is 2.12 bits per heavy atom. The predicted molar refractivity (Wildman–Crippen MR) is 63.9 cm³/mol. The van der Waals surface area contributed by atoms with Crippen molar-refractivity contribution < 1.29 is 9.90 Å². The first-order valence-electron chi connectivity index (χ1n) is 5.27. The zero-order chi connectivity index (χ0) is 11.9. The van der Waals surface area contributed by atoms with Crippen molar-refractivity contribution in [1.82, 2.24) is 0 Å². The Balaban J connectivity index is 2.45. The van der Waals surface area contributed by atoms with E-state index in [0.29, 0.717) is 18.0 Å². The van der Waals surface area contributed by atoms with E-state index in [1.165, 1.54) is 0 Å². The van der Waals surface area contributed by atoms with Crippen LogP contribution in [0.5, 0.6) is 0 Å². The minimum Gasteiger partial charge on any atom is -0.383 e. The van der Waals surface area contributed by atoms with Crippen molar-refractivity contribution >= 4 is 23.2 Å². The van der Waals surface area contributed by atoms with Crippen LogP contribution in [0.3, 0.4) is 0 Å². The van der Waals surface area contributed by atoms with Gasteiger partial charge in [0.25, 0.3) is 5.91 Å². The first-order valence-corrected chi connectivity index (χ1v) is 5.64. The third kappa shape index (κ3) is 1.81. The van der Waals surface area contributed by atoms with Crippen molar-refractivity contribution in [3.63, 3.8) is 0 Å². The monoisotopic (exact) mass is 239 g/mol. The van der Waals surface area contributed by atoms with Crippen LogP contribution in [0.4, 0.5) is 5.69 Å². The molecule has 1 fully saturated rings. The maximum atomic E-state index is 11.7. The fourth-order valence-corrected chi connectivity index (χ4v) is 2.56. The highest BCUT2D eigenvalue weighted by Gasteiger charge is 2.32. The maximum Gasteiger partial charge on any atom is 0.255 e. The van der Waals surface area contributed by atoms with Gasteiger partial charge in [-0.15, -0.1) is 0 Å². The normalized spacial score (nSPS) is 20.6. The van der Waals surface area contributed by atoms with Gasteiger partial charge in [-0.05, 0) is 31.0 Å². The zero-order valence-corrected chi connectivity index (χ0v) is 10.1. The highest BCUT2D eigenvalue weighted by atomic mass is 35.5. The molecule has 0 spiro atoms. The number of carbonyl (C=O) groups excluding carboxylic acids is 1. The molecule has 1 aliphatic heterocycles. The molecule has 3 nitrogen and oxygen atoms in total. The average Bonchev–Trinajstić information content (AvgIpc) is 2.48. The Bertz CT molecular complexity index is 422. The molecule has 4 heteroatoms. The molecule has 1 heterocycles. The summed E-state index contributed by atoms with van der Waals surface area (Å²) in [7, 11) is 0. The topological polar surface area (TPSA) is 40.5 Å². The number of hydrogen-bond acceptors (Lipinski definition) is 2. The van der Waals surface area contributed by atoms with Crippen molar-refractivity contribution in [2.45, 2.75) is 26.4 Å². The van der Waals surface area contributed by atoms with E-state index in [4.69, 9.17) is 11.6 Å². The van der Waals surface area contributed by atoms with Gasteiger partial charge in [-0.25, -0.2) is 0 Å². The van der Waals surface area contributed by atoms with Gasteiger partial charge < -0.3 is 10.0 Å². The number of nitrogens with zero attached hydrogens (tertiary/aromatic N) is 1. The molecule has 1 N–H and O–H groups in total. The largest absolute Gasteiger partial charge is 0.383 e. The minimum absolute atomic E-state index is 0.256. The van der Waals surface area contributed by atoms with E-state index in [0.717, 1.165) is 16.8 Å². The molecule has 1 amide bonds. The molecule has 2 rings (SSSR count). The Labute approximate surface area is 99.6 Å². The van der Waals surface area contributed by atoms with E-state index in [1.807, 2.05) is 26.0 Å². The summed E-state index contributed by atoms with van der Waals surface area (Å²) in [6.07, 6.45) is -0.403. The quantitative estimate of drug-likeness (QED) is 0.815. The third-order valence-electron chi connectivity index (χ3n) is 2.85. The Hall–Kier alpha value is -1.06. The molecule has 1 unspecified atom stereocenters. The van der Waals surface area contributed by atoms with Crippen LogP contribution in [0.25, 0.3) is 0 Å². The van der Waals surface area contributed by atoms with Crippen molar-refractivity contribution in [1.29, 1.82) is 0 Å². The van der Waals surface area contributed by atoms with Crippen molar-refractivity contribution in [2.24, 2.45) is 0 Å². The van der Waals surface area contributed by atoms with Crippen molar-refractivity contribution in [2.75, 3.05) is 11.4 Å². The van der Waals surface area contributed by atoms with E-state index >= 15 is 0 Å². The van der Waals surface area contributed by atoms with E-state index in [-0.39, 0.29) is 5.91 Å². The van der Waals surface area contributed by atoms with Crippen LogP contribution in [-0.4, -0.2) is 23.7 Å². The lowest BCUT2D eigenvalue weighted by Gasteiger charge is -2.20. The molecule has 1 saturated heterocycles. The van der Waals surface area contributed by atoms with Gasteiger partial charge in [-0.2, -0.15) is 0 Å². The number of aliphatic hydroxyl groups is 1. The smallest absolute Gasteiger partial charge is 0.255 e. The van der Waals surface area contributed by atoms with Gasteiger partial charge >= 0.3 is 0 Å². The van der Waals surface area contributed by atoms with Gasteiger partial charge in [-0.3, -0.25) is 4.79 Å². The lowest BCUT2D eigenvalue weighted by atomic mass is 10.1. The Morgan fingerprint density at radius 3 is 2.62 bits per heavy atom. The average molecular weight is 240 g/mol. The Kier molecular flexibility index (Phi) is 2.91. The van der Waals surface area contributed by atoms with Crippen LogP contribution in [0.15, 0.2) is 12.1 Å². The SMILES string of the molecule is Cc1cc(C)c(N2CCC(O)C2=O)c(Cl)c1. The first-order chi connectivity index (χ1) is 7.50. The van der Waals surface area contributed by atoms with Gasteiger partial charge in [-0.1, -0.05) is 17.7 Å². The second-order valence-electron chi connectivity index (χ2n) is 4.21. The molecular weight excluding hydrogens is 226 g/mol. The molecule has 0 aliphatic carbocycles. The van der Waals surface area contributed by atoms with Gasteiger partial charge in [0.1, 0.15) is 6.10 Å². The number of hydrogen-bond donors (Lipinski definition) is 1. The van der Waals surface area contributed by atoms with E-state index in [1.54, 1.807) is 4.90 Å². The number of amides is 1. The van der Waals surface area contributed by atoms with Crippen LogP contribution in [-0.2, 0) is 4.79 Å². The molecule has 0 saturated carbocycles. The number of aliphatic hydroxyl groups excluding tert-OH is 1. The van der Waals surface area contributed by atoms with Gasteiger partial charge in [0.2, 0.25) is 0 Å². The van der Waals surface area contributed by atoms with Crippen molar-refractivity contribution in [3.05, 3.63) is 28.3 Å².